The summed E-state index contributed by atoms with van der Waals surface area (Å²) in [7, 11) is 0. The van der Waals surface area contributed by atoms with Crippen LogP contribution in [0, 0.1) is 0 Å². The van der Waals surface area contributed by atoms with Gasteiger partial charge in [-0.05, 0) is 233 Å². The second-order valence-corrected chi connectivity index (χ2v) is 42.9. The normalized spacial score (nSPS) is 12.5. The van der Waals surface area contributed by atoms with Gasteiger partial charge in [-0.3, -0.25) is 0 Å². The topological polar surface area (TPSA) is 252 Å². The van der Waals surface area contributed by atoms with Crippen molar-refractivity contribution in [2.24, 2.45) is 0 Å². The summed E-state index contributed by atoms with van der Waals surface area (Å²) in [6.45, 7) is 51.7. The lowest BCUT2D eigenvalue weighted by Crippen LogP contribution is -2.10. The molecule has 0 aliphatic carbocycles. The van der Waals surface area contributed by atoms with Crippen LogP contribution in [-0.4, -0.2) is 49.8 Å². The molecule has 3 aliphatic heterocycles. The van der Waals surface area contributed by atoms with Crippen LogP contribution in [0.1, 0.15) is 211 Å². The zero-order valence-electron chi connectivity index (χ0n) is 80.8. The highest BCUT2D eigenvalue weighted by Crippen LogP contribution is 2.52. The van der Waals surface area contributed by atoms with E-state index in [0.29, 0.717) is 95.9 Å². The average Bonchev–Trinajstić information content (AvgIpc) is 1.60. The number of nitrogens with zero attached hydrogens (tertiary/aromatic N) is 7. The van der Waals surface area contributed by atoms with Crippen LogP contribution in [0.3, 0.4) is 0 Å². The van der Waals surface area contributed by atoms with Crippen LogP contribution in [0.4, 0.5) is 0 Å². The summed E-state index contributed by atoms with van der Waals surface area (Å²) in [4.78, 5) is 62.0. The van der Waals surface area contributed by atoms with Gasteiger partial charge in [-0.25, -0.2) is 29.7 Å². The van der Waals surface area contributed by atoms with Crippen LogP contribution < -0.4 is 48.7 Å². The molecule has 5 heterocycles. The number of aromatic nitrogens is 10. The number of nitrogens with one attached hydrogen (secondary N) is 3. The van der Waals surface area contributed by atoms with E-state index in [1.165, 1.54) is 0 Å². The molecule has 0 saturated heterocycles. The maximum atomic E-state index is 16.0. The number of rotatable bonds is 16. The van der Waals surface area contributed by atoms with Crippen molar-refractivity contribution in [3.8, 4) is 166 Å². The van der Waals surface area contributed by atoms with E-state index in [9.17, 15) is 0 Å². The van der Waals surface area contributed by atoms with Crippen molar-refractivity contribution in [2.45, 2.75) is 209 Å². The fraction of sp³-hybridized carbons (Fsp3) is 0.281. The number of hydrogen-bond acceptors (Lipinski definition) is 17. The van der Waals surface area contributed by atoms with E-state index in [-0.39, 0.29) is 130 Å². The zero-order valence-corrected chi connectivity index (χ0v) is 80.8. The molecule has 682 valence electrons. The minimum atomic E-state index is -1.00. The molecule has 8 bridgehead atoms. The van der Waals surface area contributed by atoms with E-state index < -0.39 is 11.7 Å². The minimum Gasteiger partial charge on any atom is -0.846 e. The summed E-state index contributed by atoms with van der Waals surface area (Å²) in [5.74, 6) is 6.40. The molecule has 0 fully saturated rings. The van der Waals surface area contributed by atoms with Crippen molar-refractivity contribution >= 4 is 22.1 Å². The lowest BCUT2D eigenvalue weighted by atomic mass is 9.87. The quantitative estimate of drug-likeness (QED) is 0.0813. The second kappa shape index (κ2) is 34.5. The first-order valence-electron chi connectivity index (χ1n) is 45.5. The first-order chi connectivity index (χ1) is 63.1. The average molecular weight is 1790 g/mol. The minimum absolute atomic E-state index is 0.0279. The third-order valence-electron chi connectivity index (χ3n) is 24.1. The molecule has 20 nitrogen and oxygen atoms in total. The zero-order chi connectivity index (χ0) is 95.3. The molecule has 0 unspecified atom stereocenters. The van der Waals surface area contributed by atoms with Crippen molar-refractivity contribution in [1.29, 1.82) is 0 Å². The smallest absolute Gasteiger partial charge is 0.371 e. The predicted octanol–water partition coefficient (Wildman–Crippen LogP) is 29.8. The Labute approximate surface area is 783 Å². The number of fused-ring (bicyclic) bond motifs is 20. The van der Waals surface area contributed by atoms with Crippen LogP contribution in [0.25, 0.3) is 90.4 Å². The van der Waals surface area contributed by atoms with Crippen LogP contribution in [0.5, 0.6) is 98.0 Å². The maximum Gasteiger partial charge on any atom is 0.371 e. The molecule has 0 amide bonds. The molecular weight excluding hydrogens is 1670 g/mol. The molecule has 12 aromatic carbocycles. The highest BCUT2D eigenvalue weighted by atomic mass is 16.5. The van der Waals surface area contributed by atoms with E-state index >= 15 is 9.90 Å². The molecule has 134 heavy (non-hydrogen) atoms. The third kappa shape index (κ3) is 20.1. The molecule has 2 aromatic heterocycles. The van der Waals surface area contributed by atoms with Crippen molar-refractivity contribution in [1.82, 2.24) is 49.8 Å². The Kier molecular flexibility index (Phi) is 23.5. The Bertz CT molecular complexity index is 7210. The van der Waals surface area contributed by atoms with Gasteiger partial charge in [-0.1, -0.05) is 263 Å². The fourth-order valence-corrected chi connectivity index (χ4v) is 15.9. The van der Waals surface area contributed by atoms with Gasteiger partial charge in [-0.15, -0.1) is 0 Å². The van der Waals surface area contributed by atoms with Crippen molar-refractivity contribution < 1.29 is 43.0 Å². The lowest BCUT2D eigenvalue weighted by molar-refractivity contribution is -0.281. The monoisotopic (exact) mass is 1780 g/mol. The maximum absolute atomic E-state index is 16.0. The van der Waals surface area contributed by atoms with Gasteiger partial charge < -0.3 is 58.0 Å². The van der Waals surface area contributed by atoms with Crippen molar-refractivity contribution in [3.05, 3.63) is 298 Å². The van der Waals surface area contributed by atoms with Crippen molar-refractivity contribution in [2.75, 3.05) is 0 Å². The molecule has 3 aliphatic rings. The number of hydrogen-bond donors (Lipinski definition) is 3. The van der Waals surface area contributed by atoms with Gasteiger partial charge in [0.25, 0.3) is 0 Å². The molecule has 0 atom stereocenters. The molecule has 3 N–H and O–H groups in total. The third-order valence-corrected chi connectivity index (χ3v) is 24.1. The Morgan fingerprint density at radius 3 is 0.657 bits per heavy atom. The molecule has 14 aromatic rings. The first-order valence-corrected chi connectivity index (χ1v) is 45.5. The number of ether oxygens (including phenoxy) is 8. The Hall–Kier alpha value is -14.7. The summed E-state index contributed by atoms with van der Waals surface area (Å²) in [5, 5.41) is 16.8. The number of aromatic amines is 3. The van der Waals surface area contributed by atoms with E-state index in [4.69, 9.17) is 72.8 Å². The number of benzene rings is 12. The molecule has 17 rings (SSSR count). The Morgan fingerprint density at radius 1 is 0.216 bits per heavy atom. The van der Waals surface area contributed by atoms with Gasteiger partial charge in [0.1, 0.15) is 68.9 Å². The largest absolute Gasteiger partial charge is 0.846 e. The standard InChI is InChI=1S/C114H116N10O10/c1-107(2,3)65-25-41-73(42-26-65)127-89-57-81-85(61-93(89)131-77-49-33-69(34-50-77)111(13,14)15)101-117-97(81)115-98-82-58-90(128-74-43-27-66(28-44-74)108(4,5)6)94(132-78-51-35-70(36-52-78)112(16,17)18)62-86(82)102(118-98)123-106(126)124-104-88-64-96(134-80-55-39-72(40-56-80)114(22,23)24)92(130-76-47-31-68(32-48-76)110(10,11)12)60-84(88)100(120-104)116-99-83-59-91(129-75-45-29-67(30-46-75)109(7,8)9)95(63-87(83)103(119-99)122-105(125)121-101)133-79-53-37-71(38-54-79)113(19,20)21/h25-64H,1-24H3,(H4,115,116,117,118,119,120,121,122,123,124,125,126)/p-1. The Morgan fingerprint density at radius 2 is 0.410 bits per heavy atom. The molecule has 0 saturated carbocycles. The van der Waals surface area contributed by atoms with Gasteiger partial charge in [-0.2, -0.15) is 9.97 Å². The summed E-state index contributed by atoms with van der Waals surface area (Å²) >= 11 is 0. The van der Waals surface area contributed by atoms with Crippen LogP contribution >= 0.6 is 0 Å². The SMILES string of the molecule is CC(C)(C)c1ccc(Oc2cc3c(cc2Oc2ccc(C(C)(C)C)cc2)-c2nc-3nc3nc([nH]c([O-])nc4[nH]c([nH]c5nc(nc(=O)n2)-c2cc(Oc6ccc(C(C)(C)C)cc6)c(Oc6ccc(C(C)(C)C)cc6)cc2-5)c2cc(Oc5ccc(C(C)(C)C)cc5)c(Oc5ccc(C(C)(C)C)cc5)cc42)-c2cc(Oc4ccc(C(C)(C)C)cc4)c(Oc4ccc(C(C)(C)C)cc4)cc2-3)cc1. The van der Waals surface area contributed by atoms with Gasteiger partial charge >= 0.3 is 5.69 Å². The number of H-pyrrole nitrogens is 3. The van der Waals surface area contributed by atoms with E-state index in [0.717, 1.165) is 44.5 Å². The summed E-state index contributed by atoms with van der Waals surface area (Å²) in [5.41, 5.74) is 8.99. The molecule has 20 heteroatoms. The van der Waals surface area contributed by atoms with Gasteiger partial charge in [0, 0.05) is 44.2 Å². The molecular formula is C114H115N10O10-. The van der Waals surface area contributed by atoms with Gasteiger partial charge in [0.05, 0.1) is 6.01 Å². The second-order valence-electron chi connectivity index (χ2n) is 42.9. The van der Waals surface area contributed by atoms with E-state index in [2.05, 4.69) is 181 Å². The van der Waals surface area contributed by atoms with Crippen LogP contribution in [0.15, 0.2) is 247 Å². The molecule has 0 radical (unpaired) electrons. The lowest BCUT2D eigenvalue weighted by Gasteiger charge is -2.20. The summed E-state index contributed by atoms with van der Waals surface area (Å²) in [6.07, 6.45) is 0. The molecule has 0 spiro atoms. The predicted molar refractivity (Wildman–Crippen MR) is 532 cm³/mol. The fourth-order valence-electron chi connectivity index (χ4n) is 15.9. The van der Waals surface area contributed by atoms with Crippen LogP contribution in [0.2, 0.25) is 0 Å². The van der Waals surface area contributed by atoms with Gasteiger partial charge in [0.2, 0.25) is 0 Å². The van der Waals surface area contributed by atoms with Crippen molar-refractivity contribution in [3.63, 3.8) is 0 Å². The summed E-state index contributed by atoms with van der Waals surface area (Å²) < 4.78 is 55.8. The van der Waals surface area contributed by atoms with Gasteiger partial charge in [0.15, 0.2) is 69.3 Å². The van der Waals surface area contributed by atoms with E-state index in [1.54, 1.807) is 42.5 Å². The Balaban J connectivity index is 0.964. The first kappa shape index (κ1) is 91.2. The highest BCUT2D eigenvalue weighted by Gasteiger charge is 2.33. The highest BCUT2D eigenvalue weighted by molar-refractivity contribution is 6.06. The summed E-state index contributed by atoms with van der Waals surface area (Å²) in [6, 6.07) is 76.7. The van der Waals surface area contributed by atoms with Crippen LogP contribution in [-0.2, 0) is 43.3 Å². The van der Waals surface area contributed by atoms with E-state index in [1.807, 2.05) is 200 Å².